The van der Waals surface area contributed by atoms with Gasteiger partial charge in [0.2, 0.25) is 0 Å². The molecule has 1 aromatic rings. The summed E-state index contributed by atoms with van der Waals surface area (Å²) in [5.74, 6) is 0.422. The molecule has 1 aromatic carbocycles. The van der Waals surface area contributed by atoms with E-state index in [0.717, 1.165) is 25.9 Å². The van der Waals surface area contributed by atoms with Crippen molar-refractivity contribution in [1.82, 2.24) is 10.2 Å². The number of ether oxygens (including phenoxy) is 1. The van der Waals surface area contributed by atoms with Gasteiger partial charge in [0.15, 0.2) is 5.75 Å². The number of benzene rings is 1. The molecule has 0 aromatic heterocycles. The Labute approximate surface area is 137 Å². The average Bonchev–Trinajstić information content (AvgIpc) is 2.41. The van der Waals surface area contributed by atoms with E-state index in [-0.39, 0.29) is 6.61 Å². The molecule has 4 nitrogen and oxygen atoms in total. The Morgan fingerprint density at radius 3 is 2.52 bits per heavy atom. The first-order valence-electron chi connectivity index (χ1n) is 7.11. The molecule has 0 aliphatic heterocycles. The highest BCUT2D eigenvalue weighted by atomic mass is 35.5. The number of nitrogens with one attached hydrogen (secondary N) is 1. The first kappa shape index (κ1) is 18.5. The van der Waals surface area contributed by atoms with Gasteiger partial charge in [-0.3, -0.25) is 0 Å². The van der Waals surface area contributed by atoms with E-state index in [9.17, 15) is 5.11 Å². The van der Waals surface area contributed by atoms with Crippen molar-refractivity contribution in [3.8, 4) is 5.75 Å². The molecule has 0 bridgehead atoms. The Kier molecular flexibility index (Phi) is 9.04. The topological polar surface area (TPSA) is 44.7 Å². The van der Waals surface area contributed by atoms with Crippen molar-refractivity contribution in [2.75, 3.05) is 40.3 Å². The summed E-state index contributed by atoms with van der Waals surface area (Å²) in [7, 11) is 4.13. The van der Waals surface area contributed by atoms with Crippen LogP contribution in [-0.2, 0) is 0 Å². The standard InChI is InChI=1S/C15H24Cl2N2O2/c1-19(2)9-4-3-8-18-10-12(20)11-21-15-13(16)6-5-7-14(15)17/h5-7,12,18,20H,3-4,8-11H2,1-2H3. The maximum Gasteiger partial charge on any atom is 0.156 e. The summed E-state index contributed by atoms with van der Waals surface area (Å²) in [6.45, 7) is 2.62. The largest absolute Gasteiger partial charge is 0.488 e. The Hall–Kier alpha value is -0.520. The second-order valence-electron chi connectivity index (χ2n) is 5.23. The SMILES string of the molecule is CN(C)CCCCNCC(O)COc1c(Cl)cccc1Cl. The van der Waals surface area contributed by atoms with E-state index in [4.69, 9.17) is 27.9 Å². The summed E-state index contributed by atoms with van der Waals surface area (Å²) in [5.41, 5.74) is 0. The minimum absolute atomic E-state index is 0.161. The highest BCUT2D eigenvalue weighted by molar-refractivity contribution is 6.37. The molecule has 1 unspecified atom stereocenters. The summed E-state index contributed by atoms with van der Waals surface area (Å²) in [6, 6.07) is 5.17. The van der Waals surface area contributed by atoms with Crippen LogP contribution in [0.1, 0.15) is 12.8 Å². The van der Waals surface area contributed by atoms with Gasteiger partial charge in [-0.1, -0.05) is 29.3 Å². The van der Waals surface area contributed by atoms with Gasteiger partial charge in [0.05, 0.1) is 10.0 Å². The fraction of sp³-hybridized carbons (Fsp3) is 0.600. The molecule has 1 atom stereocenters. The van der Waals surface area contributed by atoms with Crippen molar-refractivity contribution >= 4 is 23.2 Å². The number of hydrogen-bond acceptors (Lipinski definition) is 4. The fourth-order valence-corrected chi connectivity index (χ4v) is 2.31. The lowest BCUT2D eigenvalue weighted by molar-refractivity contribution is 0.106. The van der Waals surface area contributed by atoms with E-state index in [2.05, 4.69) is 24.3 Å². The van der Waals surface area contributed by atoms with Crippen molar-refractivity contribution in [1.29, 1.82) is 0 Å². The minimum Gasteiger partial charge on any atom is -0.488 e. The van der Waals surface area contributed by atoms with Crippen LogP contribution in [-0.4, -0.2) is 56.4 Å². The van der Waals surface area contributed by atoms with Crippen molar-refractivity contribution in [2.24, 2.45) is 0 Å². The Morgan fingerprint density at radius 1 is 1.24 bits per heavy atom. The van der Waals surface area contributed by atoms with Gasteiger partial charge in [-0.15, -0.1) is 0 Å². The molecule has 0 aliphatic rings. The fourth-order valence-electron chi connectivity index (χ4n) is 1.81. The van der Waals surface area contributed by atoms with Crippen LogP contribution in [0.5, 0.6) is 5.75 Å². The van der Waals surface area contributed by atoms with Crippen LogP contribution in [0.25, 0.3) is 0 Å². The molecule has 0 saturated carbocycles. The van der Waals surface area contributed by atoms with Crippen molar-refractivity contribution in [3.05, 3.63) is 28.2 Å². The number of aliphatic hydroxyl groups excluding tert-OH is 1. The number of aliphatic hydroxyl groups is 1. The molecule has 21 heavy (non-hydrogen) atoms. The molecule has 0 fully saturated rings. The van der Waals surface area contributed by atoms with Crippen LogP contribution in [0.2, 0.25) is 10.0 Å². The lowest BCUT2D eigenvalue weighted by Crippen LogP contribution is -2.32. The molecule has 0 amide bonds. The summed E-state index contributed by atoms with van der Waals surface area (Å²) in [4.78, 5) is 2.16. The van der Waals surface area contributed by atoms with Crippen molar-refractivity contribution in [3.63, 3.8) is 0 Å². The normalized spacial score (nSPS) is 12.7. The molecular weight excluding hydrogens is 311 g/mol. The lowest BCUT2D eigenvalue weighted by Gasteiger charge is -2.15. The summed E-state index contributed by atoms with van der Waals surface area (Å²) in [6.07, 6.45) is 1.63. The second-order valence-corrected chi connectivity index (χ2v) is 6.04. The zero-order valence-electron chi connectivity index (χ0n) is 12.6. The number of nitrogens with zero attached hydrogens (tertiary/aromatic N) is 1. The molecule has 2 N–H and O–H groups in total. The minimum atomic E-state index is -0.591. The highest BCUT2D eigenvalue weighted by Gasteiger charge is 2.10. The predicted octanol–water partition coefficient (Wildman–Crippen LogP) is 2.66. The highest BCUT2D eigenvalue weighted by Crippen LogP contribution is 2.32. The first-order valence-corrected chi connectivity index (χ1v) is 7.86. The van der Waals surface area contributed by atoms with E-state index < -0.39 is 6.10 Å². The number of unbranched alkanes of at least 4 members (excludes halogenated alkanes) is 1. The third-order valence-electron chi connectivity index (χ3n) is 2.93. The van der Waals surface area contributed by atoms with Gasteiger partial charge in [0.1, 0.15) is 12.7 Å². The van der Waals surface area contributed by atoms with Crippen LogP contribution < -0.4 is 10.1 Å². The third kappa shape index (κ3) is 7.88. The smallest absolute Gasteiger partial charge is 0.156 e. The van der Waals surface area contributed by atoms with Gasteiger partial charge in [-0.25, -0.2) is 0 Å². The Morgan fingerprint density at radius 2 is 1.90 bits per heavy atom. The number of halogens is 2. The molecule has 1 rings (SSSR count). The van der Waals surface area contributed by atoms with E-state index in [1.54, 1.807) is 18.2 Å². The quantitative estimate of drug-likeness (QED) is 0.646. The number of hydrogen-bond donors (Lipinski definition) is 2. The molecule has 0 heterocycles. The zero-order valence-corrected chi connectivity index (χ0v) is 14.1. The molecular formula is C15H24Cl2N2O2. The first-order chi connectivity index (χ1) is 10.0. The molecule has 120 valence electrons. The van der Waals surface area contributed by atoms with E-state index in [1.807, 2.05) is 0 Å². The van der Waals surface area contributed by atoms with Crippen LogP contribution in [0, 0.1) is 0 Å². The molecule has 0 radical (unpaired) electrons. The van der Waals surface area contributed by atoms with Gasteiger partial charge in [-0.05, 0) is 52.2 Å². The van der Waals surface area contributed by atoms with Crippen LogP contribution in [0.4, 0.5) is 0 Å². The summed E-state index contributed by atoms with van der Waals surface area (Å²) in [5, 5.41) is 14.0. The van der Waals surface area contributed by atoms with Crippen LogP contribution >= 0.6 is 23.2 Å². The van der Waals surface area contributed by atoms with Crippen molar-refractivity contribution < 1.29 is 9.84 Å². The predicted molar refractivity (Wildman–Crippen MR) is 88.6 cm³/mol. The molecule has 0 saturated heterocycles. The van der Waals surface area contributed by atoms with E-state index in [0.29, 0.717) is 22.3 Å². The average molecular weight is 335 g/mol. The monoisotopic (exact) mass is 334 g/mol. The van der Waals surface area contributed by atoms with E-state index >= 15 is 0 Å². The van der Waals surface area contributed by atoms with E-state index in [1.165, 1.54) is 0 Å². The maximum absolute atomic E-state index is 9.86. The van der Waals surface area contributed by atoms with Gasteiger partial charge in [-0.2, -0.15) is 0 Å². The van der Waals surface area contributed by atoms with Gasteiger partial charge in [0.25, 0.3) is 0 Å². The number of rotatable bonds is 10. The van der Waals surface area contributed by atoms with Gasteiger partial charge < -0.3 is 20.1 Å². The van der Waals surface area contributed by atoms with Gasteiger partial charge in [0, 0.05) is 6.54 Å². The molecule has 0 aliphatic carbocycles. The third-order valence-corrected chi connectivity index (χ3v) is 3.52. The zero-order chi connectivity index (χ0) is 15.7. The molecule has 6 heteroatoms. The molecule has 0 spiro atoms. The maximum atomic E-state index is 9.86. The van der Waals surface area contributed by atoms with Gasteiger partial charge >= 0.3 is 0 Å². The van der Waals surface area contributed by atoms with Crippen LogP contribution in [0.3, 0.4) is 0 Å². The summed E-state index contributed by atoms with van der Waals surface area (Å²) < 4.78 is 5.48. The Bertz CT molecular complexity index is 396. The summed E-state index contributed by atoms with van der Waals surface area (Å²) >= 11 is 12.0. The Balaban J connectivity index is 2.15. The van der Waals surface area contributed by atoms with Crippen LogP contribution in [0.15, 0.2) is 18.2 Å². The van der Waals surface area contributed by atoms with Crippen molar-refractivity contribution in [2.45, 2.75) is 18.9 Å². The second kappa shape index (κ2) is 10.2. The lowest BCUT2D eigenvalue weighted by atomic mass is 10.3. The number of para-hydroxylation sites is 1.